The summed E-state index contributed by atoms with van der Waals surface area (Å²) in [4.78, 5) is 37.8. The van der Waals surface area contributed by atoms with E-state index in [0.717, 1.165) is 12.8 Å². The van der Waals surface area contributed by atoms with E-state index in [1.165, 1.54) is 4.90 Å². The summed E-state index contributed by atoms with van der Waals surface area (Å²) in [6.07, 6.45) is 2.65. The van der Waals surface area contributed by atoms with Gasteiger partial charge in [-0.25, -0.2) is 0 Å². The number of benzene rings is 2. The van der Waals surface area contributed by atoms with Crippen LogP contribution in [-0.2, 0) is 0 Å². The minimum Gasteiger partial charge on any atom is -0.294 e. The molecule has 0 saturated heterocycles. The lowest BCUT2D eigenvalue weighted by Gasteiger charge is -2.13. The maximum absolute atomic E-state index is 12.2. The van der Waals surface area contributed by atoms with Gasteiger partial charge in [0.2, 0.25) is 0 Å². The van der Waals surface area contributed by atoms with Crippen molar-refractivity contribution in [1.82, 2.24) is 4.90 Å². The van der Waals surface area contributed by atoms with E-state index in [1.807, 2.05) is 0 Å². The Labute approximate surface area is 151 Å². The molecule has 0 N–H and O–H groups in total. The highest BCUT2D eigenvalue weighted by atomic mass is 35.5. The van der Waals surface area contributed by atoms with E-state index >= 15 is 0 Å². The zero-order chi connectivity index (χ0) is 17.8. The number of carbonyl (C=O) groups is 3. The first-order valence-electron chi connectivity index (χ1n) is 8.32. The largest absolute Gasteiger partial charge is 0.294 e. The number of halogens is 1. The number of Topliss-reactive ketones (excluding diaryl/α,β-unsaturated/α-hetero) is 1. The fourth-order valence-corrected chi connectivity index (χ4v) is 3.08. The van der Waals surface area contributed by atoms with Crippen molar-refractivity contribution in [2.75, 3.05) is 6.54 Å². The third kappa shape index (κ3) is 3.80. The van der Waals surface area contributed by atoms with E-state index in [0.29, 0.717) is 41.1 Å². The maximum atomic E-state index is 12.2. The van der Waals surface area contributed by atoms with Crippen LogP contribution in [0.15, 0.2) is 48.5 Å². The number of hydrogen-bond acceptors (Lipinski definition) is 3. The standard InChI is InChI=1S/C20H18ClNO3/c21-15-11-9-14(10-12-15)18(23)8-2-1-5-13-22-19(24)16-6-3-4-7-17(16)20(22)25/h3-4,6-7,9-12H,1-2,5,8,13H2. The quantitative estimate of drug-likeness (QED) is 0.420. The number of nitrogens with zero attached hydrogens (tertiary/aromatic N) is 1. The number of fused-ring (bicyclic) bond motifs is 1. The summed E-state index contributed by atoms with van der Waals surface area (Å²) in [5.74, 6) is -0.368. The highest BCUT2D eigenvalue weighted by molar-refractivity contribution is 6.30. The lowest BCUT2D eigenvalue weighted by molar-refractivity contribution is 0.0650. The first-order chi connectivity index (χ1) is 12.1. The molecular formula is C20H18ClNO3. The molecule has 0 bridgehead atoms. The maximum Gasteiger partial charge on any atom is 0.261 e. The zero-order valence-electron chi connectivity index (χ0n) is 13.7. The Kier molecular flexibility index (Phi) is 5.29. The van der Waals surface area contributed by atoms with Gasteiger partial charge >= 0.3 is 0 Å². The molecule has 2 amide bonds. The molecule has 4 nitrogen and oxygen atoms in total. The van der Waals surface area contributed by atoms with Gasteiger partial charge in [0, 0.05) is 23.6 Å². The van der Waals surface area contributed by atoms with Gasteiger partial charge in [-0.1, -0.05) is 30.2 Å². The minimum absolute atomic E-state index is 0.0809. The smallest absolute Gasteiger partial charge is 0.261 e. The molecule has 0 unspecified atom stereocenters. The van der Waals surface area contributed by atoms with Gasteiger partial charge in [0.05, 0.1) is 11.1 Å². The molecule has 0 aromatic heterocycles. The molecule has 2 aromatic carbocycles. The number of ketones is 1. The van der Waals surface area contributed by atoms with E-state index in [9.17, 15) is 14.4 Å². The second-order valence-electron chi connectivity index (χ2n) is 6.05. The van der Waals surface area contributed by atoms with Gasteiger partial charge in [-0.15, -0.1) is 0 Å². The molecule has 0 aliphatic carbocycles. The first kappa shape index (κ1) is 17.4. The Morgan fingerprint density at radius 1 is 0.840 bits per heavy atom. The van der Waals surface area contributed by atoms with Crippen LogP contribution in [-0.4, -0.2) is 29.0 Å². The molecule has 1 aliphatic heterocycles. The summed E-state index contributed by atoms with van der Waals surface area (Å²) in [5.41, 5.74) is 1.61. The van der Waals surface area contributed by atoms with Crippen LogP contribution >= 0.6 is 11.6 Å². The zero-order valence-corrected chi connectivity index (χ0v) is 14.5. The second-order valence-corrected chi connectivity index (χ2v) is 6.48. The predicted molar refractivity (Wildman–Crippen MR) is 96.1 cm³/mol. The minimum atomic E-state index is -0.224. The molecule has 5 heteroatoms. The summed E-state index contributed by atoms with van der Waals surface area (Å²) < 4.78 is 0. The predicted octanol–water partition coefficient (Wildman–Crippen LogP) is 4.38. The normalized spacial score (nSPS) is 13.2. The average molecular weight is 356 g/mol. The van der Waals surface area contributed by atoms with Gasteiger partial charge < -0.3 is 0 Å². The molecule has 128 valence electrons. The Bertz CT molecular complexity index is 779. The topological polar surface area (TPSA) is 54.5 Å². The van der Waals surface area contributed by atoms with Crippen molar-refractivity contribution in [3.8, 4) is 0 Å². The fourth-order valence-electron chi connectivity index (χ4n) is 2.95. The second kappa shape index (κ2) is 7.62. The molecule has 0 atom stereocenters. The van der Waals surface area contributed by atoms with Gasteiger partial charge in [-0.2, -0.15) is 0 Å². The molecule has 1 aliphatic rings. The van der Waals surface area contributed by atoms with Crippen LogP contribution in [0.25, 0.3) is 0 Å². The van der Waals surface area contributed by atoms with Crippen molar-refractivity contribution in [2.45, 2.75) is 25.7 Å². The van der Waals surface area contributed by atoms with Crippen molar-refractivity contribution >= 4 is 29.2 Å². The van der Waals surface area contributed by atoms with Gasteiger partial charge in [0.1, 0.15) is 0 Å². The van der Waals surface area contributed by atoms with Crippen LogP contribution in [0.5, 0.6) is 0 Å². The van der Waals surface area contributed by atoms with E-state index in [2.05, 4.69) is 0 Å². The fraction of sp³-hybridized carbons (Fsp3) is 0.250. The van der Waals surface area contributed by atoms with Crippen LogP contribution in [0.1, 0.15) is 56.8 Å². The summed E-state index contributed by atoms with van der Waals surface area (Å²) in [7, 11) is 0. The van der Waals surface area contributed by atoms with Crippen molar-refractivity contribution in [3.05, 3.63) is 70.2 Å². The molecule has 0 radical (unpaired) electrons. The molecule has 2 aromatic rings. The highest BCUT2D eigenvalue weighted by Gasteiger charge is 2.34. The van der Waals surface area contributed by atoms with Crippen molar-refractivity contribution in [3.63, 3.8) is 0 Å². The number of hydrogen-bond donors (Lipinski definition) is 0. The van der Waals surface area contributed by atoms with E-state index in [-0.39, 0.29) is 17.6 Å². The van der Waals surface area contributed by atoms with Crippen molar-refractivity contribution in [1.29, 1.82) is 0 Å². The molecule has 1 heterocycles. The van der Waals surface area contributed by atoms with Crippen LogP contribution in [0.3, 0.4) is 0 Å². The lowest BCUT2D eigenvalue weighted by atomic mass is 10.0. The summed E-state index contributed by atoms with van der Waals surface area (Å²) in [6, 6.07) is 13.7. The van der Waals surface area contributed by atoms with Gasteiger partial charge in [0.25, 0.3) is 11.8 Å². The van der Waals surface area contributed by atoms with E-state index < -0.39 is 0 Å². The van der Waals surface area contributed by atoms with E-state index in [4.69, 9.17) is 11.6 Å². The highest BCUT2D eigenvalue weighted by Crippen LogP contribution is 2.23. The van der Waals surface area contributed by atoms with Crippen LogP contribution < -0.4 is 0 Å². The van der Waals surface area contributed by atoms with Gasteiger partial charge in [-0.05, 0) is 49.2 Å². The molecule has 0 fully saturated rings. The number of carbonyl (C=O) groups excluding carboxylic acids is 3. The summed E-state index contributed by atoms with van der Waals surface area (Å²) >= 11 is 5.81. The number of imide groups is 1. The first-order valence-corrected chi connectivity index (χ1v) is 8.70. The van der Waals surface area contributed by atoms with Crippen molar-refractivity contribution < 1.29 is 14.4 Å². The molecular weight excluding hydrogens is 338 g/mol. The molecule has 25 heavy (non-hydrogen) atoms. The number of amides is 2. The summed E-state index contributed by atoms with van der Waals surface area (Å²) in [6.45, 7) is 0.390. The monoisotopic (exact) mass is 355 g/mol. The van der Waals surface area contributed by atoms with Crippen LogP contribution in [0.4, 0.5) is 0 Å². The third-order valence-electron chi connectivity index (χ3n) is 4.33. The molecule has 0 spiro atoms. The van der Waals surface area contributed by atoms with Gasteiger partial charge in [0.15, 0.2) is 5.78 Å². The van der Waals surface area contributed by atoms with E-state index in [1.54, 1.807) is 48.5 Å². The van der Waals surface area contributed by atoms with Crippen molar-refractivity contribution in [2.24, 2.45) is 0 Å². The lowest BCUT2D eigenvalue weighted by Crippen LogP contribution is -2.30. The Balaban J connectivity index is 1.44. The number of rotatable bonds is 7. The van der Waals surface area contributed by atoms with Crippen LogP contribution in [0, 0.1) is 0 Å². The average Bonchev–Trinajstić information content (AvgIpc) is 2.87. The third-order valence-corrected chi connectivity index (χ3v) is 4.58. The Morgan fingerprint density at radius 3 is 2.04 bits per heavy atom. The molecule has 0 saturated carbocycles. The Morgan fingerprint density at radius 2 is 1.44 bits per heavy atom. The summed E-state index contributed by atoms with van der Waals surface area (Å²) in [5, 5.41) is 0.609. The van der Waals surface area contributed by atoms with Crippen LogP contribution in [0.2, 0.25) is 5.02 Å². The Hall–Kier alpha value is -2.46. The van der Waals surface area contributed by atoms with Gasteiger partial charge in [-0.3, -0.25) is 19.3 Å². The molecule has 3 rings (SSSR count). The SMILES string of the molecule is O=C(CCCCCN1C(=O)c2ccccc2C1=O)c1ccc(Cl)cc1. The number of unbranched alkanes of at least 4 members (excludes halogenated alkanes) is 2.